The van der Waals surface area contributed by atoms with Crippen LogP contribution in [0.4, 0.5) is 10.1 Å². The van der Waals surface area contributed by atoms with Crippen LogP contribution in [-0.2, 0) is 0 Å². The van der Waals surface area contributed by atoms with Crippen LogP contribution in [0.25, 0.3) is 11.0 Å². The molecule has 2 fully saturated rings. The van der Waals surface area contributed by atoms with Gasteiger partial charge in [0.1, 0.15) is 16.9 Å². The molecular weight excluding hydrogens is 435 g/mol. The van der Waals surface area contributed by atoms with Gasteiger partial charge in [0, 0.05) is 43.8 Å². The highest BCUT2D eigenvalue weighted by molar-refractivity contribution is 5.92. The normalized spacial score (nSPS) is 18.0. The monoisotopic (exact) mass is 464 g/mol. The van der Waals surface area contributed by atoms with Crippen LogP contribution in [0.3, 0.4) is 0 Å². The third kappa shape index (κ3) is 4.27. The Bertz CT molecular complexity index is 1260. The summed E-state index contributed by atoms with van der Waals surface area (Å²) in [5.41, 5.74) is 2.53. The van der Waals surface area contributed by atoms with Crippen molar-refractivity contribution in [1.82, 2.24) is 25.2 Å². The van der Waals surface area contributed by atoms with E-state index in [1.54, 1.807) is 31.3 Å². The molecule has 1 amide bonds. The van der Waals surface area contributed by atoms with Gasteiger partial charge >= 0.3 is 0 Å². The van der Waals surface area contributed by atoms with Crippen LogP contribution in [0.15, 0.2) is 35.3 Å². The van der Waals surface area contributed by atoms with Gasteiger partial charge in [-0.05, 0) is 51.3 Å². The number of H-pyrrole nitrogens is 1. The van der Waals surface area contributed by atoms with Gasteiger partial charge in [-0.1, -0.05) is 6.07 Å². The summed E-state index contributed by atoms with van der Waals surface area (Å²) in [6.07, 6.45) is 5.02. The minimum atomic E-state index is -0.419. The van der Waals surface area contributed by atoms with Crippen LogP contribution in [-0.4, -0.2) is 58.0 Å². The van der Waals surface area contributed by atoms with Crippen LogP contribution in [0.5, 0.6) is 0 Å². The number of rotatable bonds is 5. The zero-order valence-electron chi connectivity index (χ0n) is 19.5. The second kappa shape index (κ2) is 9.13. The molecule has 3 aromatic rings. The highest BCUT2D eigenvalue weighted by Gasteiger charge is 2.26. The molecule has 1 atom stereocenters. The number of carbonyl (C=O) groups is 1. The summed E-state index contributed by atoms with van der Waals surface area (Å²) in [5, 5.41) is 3.01. The van der Waals surface area contributed by atoms with Crippen molar-refractivity contribution in [2.24, 2.45) is 0 Å². The van der Waals surface area contributed by atoms with Crippen molar-refractivity contribution in [3.8, 4) is 0 Å². The van der Waals surface area contributed by atoms with E-state index in [4.69, 9.17) is 0 Å². The molecule has 2 N–H and O–H groups in total. The van der Waals surface area contributed by atoms with Gasteiger partial charge in [0.25, 0.3) is 11.5 Å². The molecule has 0 radical (unpaired) electrons. The molecule has 9 heteroatoms. The first-order chi connectivity index (χ1) is 16.4. The van der Waals surface area contributed by atoms with E-state index >= 15 is 4.39 Å². The molecular formula is C25H29FN6O2. The van der Waals surface area contributed by atoms with Gasteiger partial charge in [-0.25, -0.2) is 14.4 Å². The summed E-state index contributed by atoms with van der Waals surface area (Å²) in [6.45, 7) is 6.64. The molecule has 1 aromatic carbocycles. The van der Waals surface area contributed by atoms with E-state index in [2.05, 4.69) is 30.1 Å². The number of hydrogen-bond acceptors (Lipinski definition) is 6. The summed E-state index contributed by atoms with van der Waals surface area (Å²) in [6, 6.07) is 7.38. The number of benzene rings is 1. The number of aromatic nitrogens is 3. The van der Waals surface area contributed by atoms with Crippen molar-refractivity contribution < 1.29 is 9.18 Å². The van der Waals surface area contributed by atoms with Gasteiger partial charge in [0.2, 0.25) is 0 Å². The van der Waals surface area contributed by atoms with Gasteiger partial charge in [-0.3, -0.25) is 14.5 Å². The molecule has 1 saturated carbocycles. The zero-order chi connectivity index (χ0) is 23.8. The summed E-state index contributed by atoms with van der Waals surface area (Å²) >= 11 is 0. The highest BCUT2D eigenvalue weighted by atomic mass is 19.1. The molecule has 1 aliphatic heterocycles. The molecule has 3 heterocycles. The third-order valence-electron chi connectivity index (χ3n) is 7.10. The van der Waals surface area contributed by atoms with E-state index in [-0.39, 0.29) is 29.1 Å². The fraction of sp³-hybridized carbons (Fsp3) is 0.440. The van der Waals surface area contributed by atoms with Gasteiger partial charge in [0.05, 0.1) is 17.4 Å². The molecule has 0 spiro atoms. The van der Waals surface area contributed by atoms with Gasteiger partial charge in [-0.15, -0.1) is 0 Å². The second-order valence-electron chi connectivity index (χ2n) is 9.22. The lowest BCUT2D eigenvalue weighted by Gasteiger charge is -2.39. The van der Waals surface area contributed by atoms with Crippen molar-refractivity contribution in [2.45, 2.75) is 45.2 Å². The van der Waals surface area contributed by atoms with Crippen molar-refractivity contribution in [3.05, 3.63) is 63.6 Å². The third-order valence-corrected chi connectivity index (χ3v) is 7.10. The van der Waals surface area contributed by atoms with Crippen LogP contribution in [0, 0.1) is 12.7 Å². The summed E-state index contributed by atoms with van der Waals surface area (Å²) in [4.78, 5) is 39.9. The minimum absolute atomic E-state index is 0.112. The molecule has 2 aliphatic rings. The molecule has 1 saturated heterocycles. The molecule has 2 aromatic heterocycles. The lowest BCUT2D eigenvalue weighted by Crippen LogP contribution is -2.47. The number of carbonyl (C=O) groups excluding carboxylic acids is 1. The minimum Gasteiger partial charge on any atom is -0.368 e. The predicted molar refractivity (Wildman–Crippen MR) is 129 cm³/mol. The number of amides is 1. The van der Waals surface area contributed by atoms with Crippen molar-refractivity contribution in [3.63, 3.8) is 0 Å². The summed E-state index contributed by atoms with van der Waals surface area (Å²) in [5.74, 6) is -0.531. The van der Waals surface area contributed by atoms with E-state index in [1.807, 2.05) is 13.0 Å². The second-order valence-corrected chi connectivity index (χ2v) is 9.22. The maximum absolute atomic E-state index is 15.2. The smallest absolute Gasteiger partial charge is 0.270 e. The van der Waals surface area contributed by atoms with Crippen molar-refractivity contribution in [1.29, 1.82) is 0 Å². The molecule has 8 nitrogen and oxygen atoms in total. The van der Waals surface area contributed by atoms with Crippen molar-refractivity contribution >= 4 is 22.6 Å². The van der Waals surface area contributed by atoms with Crippen LogP contribution in [0.1, 0.15) is 54.0 Å². The Labute approximate surface area is 197 Å². The van der Waals surface area contributed by atoms with E-state index in [9.17, 15) is 9.59 Å². The van der Waals surface area contributed by atoms with Crippen LogP contribution in [0.2, 0.25) is 0 Å². The van der Waals surface area contributed by atoms with E-state index in [0.717, 1.165) is 44.7 Å². The number of hydrogen-bond donors (Lipinski definition) is 2. The Morgan fingerprint density at radius 3 is 2.59 bits per heavy atom. The largest absolute Gasteiger partial charge is 0.368 e. The zero-order valence-corrected chi connectivity index (χ0v) is 19.5. The number of halogens is 1. The molecule has 1 aliphatic carbocycles. The van der Waals surface area contributed by atoms with Gasteiger partial charge in [-0.2, -0.15) is 0 Å². The topological polar surface area (TPSA) is 94.2 Å². The number of pyridine rings is 1. The maximum atomic E-state index is 15.2. The first-order valence-electron chi connectivity index (χ1n) is 11.9. The van der Waals surface area contributed by atoms with E-state index < -0.39 is 5.82 Å². The Kier molecular flexibility index (Phi) is 6.03. The van der Waals surface area contributed by atoms with Crippen LogP contribution < -0.4 is 15.8 Å². The SMILES string of the molecule is Cc1nc2ccc(C(C)N3CCN(c4ccc(C(=O)NC5CCC5)nc4)CC3)c(F)c2[nH]c1=O. The fourth-order valence-corrected chi connectivity index (χ4v) is 4.64. The highest BCUT2D eigenvalue weighted by Crippen LogP contribution is 2.28. The number of aromatic amines is 1. The first kappa shape index (κ1) is 22.5. The average Bonchev–Trinajstić information content (AvgIpc) is 2.83. The molecule has 0 bridgehead atoms. The molecule has 1 unspecified atom stereocenters. The molecule has 5 rings (SSSR count). The number of anilines is 1. The number of fused-ring (bicyclic) bond motifs is 1. The van der Waals surface area contributed by atoms with Crippen molar-refractivity contribution in [2.75, 3.05) is 31.1 Å². The lowest BCUT2D eigenvalue weighted by molar-refractivity contribution is 0.0912. The summed E-state index contributed by atoms with van der Waals surface area (Å²) < 4.78 is 15.2. The van der Waals surface area contributed by atoms with Gasteiger partial charge in [0.15, 0.2) is 5.82 Å². The molecule has 34 heavy (non-hydrogen) atoms. The Balaban J connectivity index is 1.23. The number of nitrogens with one attached hydrogen (secondary N) is 2. The van der Waals surface area contributed by atoms with E-state index in [0.29, 0.717) is 22.5 Å². The maximum Gasteiger partial charge on any atom is 0.270 e. The quantitative estimate of drug-likeness (QED) is 0.603. The Morgan fingerprint density at radius 1 is 1.18 bits per heavy atom. The summed E-state index contributed by atoms with van der Waals surface area (Å²) in [7, 11) is 0. The fourth-order valence-electron chi connectivity index (χ4n) is 4.64. The Morgan fingerprint density at radius 2 is 1.94 bits per heavy atom. The standard InChI is InChI=1S/C25H29FN6O2/c1-15-24(33)30-23-20(28-15)9-7-19(22(23)26)16(2)31-10-12-32(13-11-31)18-6-8-21(27-14-18)25(34)29-17-4-3-5-17/h6-9,14,16-17H,3-5,10-13H2,1-2H3,(H,29,34)(H,30,33). The first-order valence-corrected chi connectivity index (χ1v) is 11.9. The van der Waals surface area contributed by atoms with Crippen LogP contribution >= 0.6 is 0 Å². The number of piperazine rings is 1. The van der Waals surface area contributed by atoms with E-state index in [1.165, 1.54) is 6.42 Å². The predicted octanol–water partition coefficient (Wildman–Crippen LogP) is 2.93. The number of nitrogens with zero attached hydrogens (tertiary/aromatic N) is 4. The van der Waals surface area contributed by atoms with Gasteiger partial charge < -0.3 is 15.2 Å². The average molecular weight is 465 g/mol. The Hall–Kier alpha value is -3.33. The number of aryl methyl sites for hydroxylation is 1. The molecule has 178 valence electrons. The lowest BCUT2D eigenvalue weighted by atomic mass is 9.93.